The molecule has 1 fully saturated rings. The predicted octanol–water partition coefficient (Wildman–Crippen LogP) is 4.13. The van der Waals surface area contributed by atoms with Gasteiger partial charge in [0.25, 0.3) is 5.91 Å². The lowest BCUT2D eigenvalue weighted by molar-refractivity contribution is 0.0597. The van der Waals surface area contributed by atoms with Crippen LogP contribution < -0.4 is 5.32 Å². The third-order valence-electron chi connectivity index (χ3n) is 5.66. The van der Waals surface area contributed by atoms with E-state index in [1.54, 1.807) is 24.4 Å². The number of fused-ring (bicyclic) bond motifs is 1. The van der Waals surface area contributed by atoms with Crippen molar-refractivity contribution in [1.29, 1.82) is 0 Å². The standard InChI is InChI=1S/C24H23FN2O4/c1-31-24(30)20-12-19(23(29)27-17-4-2-3-5-17)18-11-15(13-26-21(18)22(20)28)10-14-6-8-16(25)9-7-14/h6-9,11-13,17,28H,2-5,10H2,1H3,(H,27,29). The summed E-state index contributed by atoms with van der Waals surface area (Å²) in [5.41, 5.74) is 1.98. The highest BCUT2D eigenvalue weighted by Crippen LogP contribution is 2.32. The quantitative estimate of drug-likeness (QED) is 0.604. The molecule has 0 saturated heterocycles. The van der Waals surface area contributed by atoms with Gasteiger partial charge in [0.05, 0.1) is 7.11 Å². The first kappa shape index (κ1) is 20.8. The molecule has 1 aliphatic carbocycles. The molecule has 0 unspecified atom stereocenters. The molecule has 0 atom stereocenters. The van der Waals surface area contributed by atoms with Crippen LogP contribution >= 0.6 is 0 Å². The Morgan fingerprint density at radius 1 is 1.13 bits per heavy atom. The van der Waals surface area contributed by atoms with Gasteiger partial charge in [0, 0.05) is 23.2 Å². The van der Waals surface area contributed by atoms with Gasteiger partial charge < -0.3 is 15.2 Å². The number of phenolic OH excluding ortho intramolecular Hbond substituents is 1. The van der Waals surface area contributed by atoms with Gasteiger partial charge >= 0.3 is 5.97 Å². The number of amides is 1. The molecule has 31 heavy (non-hydrogen) atoms. The Labute approximate surface area is 179 Å². The molecule has 3 aromatic rings. The molecule has 1 aromatic heterocycles. The van der Waals surface area contributed by atoms with Gasteiger partial charge in [0.2, 0.25) is 0 Å². The molecule has 2 aromatic carbocycles. The van der Waals surface area contributed by atoms with Crippen LogP contribution in [-0.2, 0) is 11.2 Å². The van der Waals surface area contributed by atoms with Crippen LogP contribution in [-0.4, -0.2) is 35.1 Å². The van der Waals surface area contributed by atoms with Crippen LogP contribution in [0.5, 0.6) is 5.75 Å². The fourth-order valence-electron chi connectivity index (χ4n) is 4.04. The van der Waals surface area contributed by atoms with Crippen molar-refractivity contribution in [2.45, 2.75) is 38.1 Å². The number of nitrogens with one attached hydrogen (secondary N) is 1. The van der Waals surface area contributed by atoms with E-state index in [1.165, 1.54) is 25.3 Å². The maximum Gasteiger partial charge on any atom is 0.341 e. The van der Waals surface area contributed by atoms with Gasteiger partial charge in [-0.15, -0.1) is 0 Å². The van der Waals surface area contributed by atoms with Crippen LogP contribution in [0.15, 0.2) is 42.6 Å². The molecule has 2 N–H and O–H groups in total. The second-order valence-electron chi connectivity index (χ2n) is 7.81. The van der Waals surface area contributed by atoms with Crippen molar-refractivity contribution in [3.05, 3.63) is 70.7 Å². The number of ether oxygens (including phenoxy) is 1. The van der Waals surface area contributed by atoms with E-state index in [2.05, 4.69) is 10.3 Å². The first-order chi connectivity index (χ1) is 15.0. The summed E-state index contributed by atoms with van der Waals surface area (Å²) in [6.45, 7) is 0. The van der Waals surface area contributed by atoms with E-state index in [-0.39, 0.29) is 40.2 Å². The highest BCUT2D eigenvalue weighted by molar-refractivity contribution is 6.11. The summed E-state index contributed by atoms with van der Waals surface area (Å²) < 4.78 is 18.0. The van der Waals surface area contributed by atoms with Gasteiger partial charge in [-0.1, -0.05) is 25.0 Å². The third-order valence-corrected chi connectivity index (χ3v) is 5.66. The average Bonchev–Trinajstić information content (AvgIpc) is 3.28. The summed E-state index contributed by atoms with van der Waals surface area (Å²) in [4.78, 5) is 29.6. The van der Waals surface area contributed by atoms with Gasteiger partial charge in [0.1, 0.15) is 16.9 Å². The van der Waals surface area contributed by atoms with Crippen molar-refractivity contribution < 1.29 is 23.8 Å². The van der Waals surface area contributed by atoms with Gasteiger partial charge in [-0.25, -0.2) is 9.18 Å². The molecule has 1 heterocycles. The Kier molecular flexibility index (Phi) is 5.84. The Morgan fingerprint density at radius 3 is 2.52 bits per heavy atom. The molecule has 1 amide bonds. The minimum atomic E-state index is -0.744. The zero-order valence-corrected chi connectivity index (χ0v) is 17.2. The molecule has 0 bridgehead atoms. The third kappa shape index (κ3) is 4.35. The number of carbonyl (C=O) groups excluding carboxylic acids is 2. The van der Waals surface area contributed by atoms with E-state index in [0.717, 1.165) is 36.8 Å². The molecule has 0 radical (unpaired) electrons. The number of hydrogen-bond donors (Lipinski definition) is 2. The number of phenols is 1. The maximum absolute atomic E-state index is 13.2. The number of pyridine rings is 1. The van der Waals surface area contributed by atoms with E-state index in [1.807, 2.05) is 0 Å². The van der Waals surface area contributed by atoms with Crippen molar-refractivity contribution in [3.63, 3.8) is 0 Å². The molecule has 0 spiro atoms. The summed E-state index contributed by atoms with van der Waals surface area (Å²) in [5, 5.41) is 14.1. The van der Waals surface area contributed by atoms with Crippen LogP contribution in [0.2, 0.25) is 0 Å². The van der Waals surface area contributed by atoms with Crippen LogP contribution in [0.25, 0.3) is 10.9 Å². The summed E-state index contributed by atoms with van der Waals surface area (Å²) in [5.74, 6) is -1.70. The molecular weight excluding hydrogens is 399 g/mol. The molecule has 7 heteroatoms. The smallest absolute Gasteiger partial charge is 0.341 e. The summed E-state index contributed by atoms with van der Waals surface area (Å²) in [7, 11) is 1.21. The number of aromatic hydroxyl groups is 1. The van der Waals surface area contributed by atoms with Crippen LogP contribution in [0.3, 0.4) is 0 Å². The highest BCUT2D eigenvalue weighted by atomic mass is 19.1. The normalized spacial score (nSPS) is 14.0. The van der Waals surface area contributed by atoms with Crippen molar-refractivity contribution in [2.24, 2.45) is 0 Å². The fourth-order valence-corrected chi connectivity index (χ4v) is 4.04. The van der Waals surface area contributed by atoms with E-state index in [4.69, 9.17) is 4.74 Å². The Hall–Kier alpha value is -3.48. The lowest BCUT2D eigenvalue weighted by Gasteiger charge is -2.16. The van der Waals surface area contributed by atoms with Gasteiger partial charge in [-0.05, 0) is 54.7 Å². The zero-order valence-electron chi connectivity index (χ0n) is 17.2. The maximum atomic E-state index is 13.2. The number of aromatic nitrogens is 1. The minimum Gasteiger partial charge on any atom is -0.505 e. The highest BCUT2D eigenvalue weighted by Gasteiger charge is 2.24. The molecule has 1 aliphatic rings. The number of esters is 1. The first-order valence-electron chi connectivity index (χ1n) is 10.2. The molecule has 1 saturated carbocycles. The second kappa shape index (κ2) is 8.71. The topological polar surface area (TPSA) is 88.5 Å². The first-order valence-corrected chi connectivity index (χ1v) is 10.2. The number of benzene rings is 2. The van der Waals surface area contributed by atoms with Gasteiger partial charge in [-0.2, -0.15) is 0 Å². The number of carbonyl (C=O) groups is 2. The SMILES string of the molecule is COC(=O)c1cc(C(=O)NC2CCCC2)c2cc(Cc3ccc(F)cc3)cnc2c1O. The largest absolute Gasteiger partial charge is 0.505 e. The minimum absolute atomic E-state index is 0.0910. The Morgan fingerprint density at radius 2 is 1.84 bits per heavy atom. The van der Waals surface area contributed by atoms with Crippen LogP contribution in [0.1, 0.15) is 57.5 Å². The lowest BCUT2D eigenvalue weighted by atomic mass is 9.98. The van der Waals surface area contributed by atoms with Crippen molar-refractivity contribution in [1.82, 2.24) is 10.3 Å². The van der Waals surface area contributed by atoms with E-state index in [9.17, 15) is 19.1 Å². The van der Waals surface area contributed by atoms with Crippen molar-refractivity contribution in [3.8, 4) is 5.75 Å². The Balaban J connectivity index is 1.78. The predicted molar refractivity (Wildman–Crippen MR) is 114 cm³/mol. The summed E-state index contributed by atoms with van der Waals surface area (Å²) in [6.07, 6.45) is 6.02. The van der Waals surface area contributed by atoms with Gasteiger partial charge in [0.15, 0.2) is 5.75 Å². The molecular formula is C24H23FN2O4. The Bertz CT molecular complexity index is 1140. The number of rotatable bonds is 5. The van der Waals surface area contributed by atoms with E-state index >= 15 is 0 Å². The van der Waals surface area contributed by atoms with E-state index < -0.39 is 5.97 Å². The number of halogens is 1. The van der Waals surface area contributed by atoms with Crippen LogP contribution in [0.4, 0.5) is 4.39 Å². The van der Waals surface area contributed by atoms with Crippen LogP contribution in [0, 0.1) is 5.82 Å². The number of hydrogen-bond acceptors (Lipinski definition) is 5. The summed E-state index contributed by atoms with van der Waals surface area (Å²) >= 11 is 0. The van der Waals surface area contributed by atoms with E-state index in [0.29, 0.717) is 11.8 Å². The average molecular weight is 422 g/mol. The van der Waals surface area contributed by atoms with Gasteiger partial charge in [-0.3, -0.25) is 9.78 Å². The molecule has 160 valence electrons. The monoisotopic (exact) mass is 422 g/mol. The molecule has 0 aliphatic heterocycles. The fraction of sp³-hybridized carbons (Fsp3) is 0.292. The lowest BCUT2D eigenvalue weighted by Crippen LogP contribution is -2.32. The zero-order chi connectivity index (χ0) is 22.0. The molecule has 6 nitrogen and oxygen atoms in total. The van der Waals surface area contributed by atoms with Crippen molar-refractivity contribution in [2.75, 3.05) is 7.11 Å². The molecule has 4 rings (SSSR count). The van der Waals surface area contributed by atoms with Crippen molar-refractivity contribution >= 4 is 22.8 Å². The number of methoxy groups -OCH3 is 1. The number of nitrogens with zero attached hydrogens (tertiary/aromatic N) is 1. The second-order valence-corrected chi connectivity index (χ2v) is 7.81. The summed E-state index contributed by atoms with van der Waals surface area (Å²) in [6, 6.07) is 9.37.